The van der Waals surface area contributed by atoms with E-state index in [0.717, 1.165) is 13.0 Å². The molecule has 0 aliphatic heterocycles. The first kappa shape index (κ1) is 9.10. The molecule has 1 radical (unpaired) electrons. The fourth-order valence-electron chi connectivity index (χ4n) is 0.983. The lowest BCUT2D eigenvalue weighted by Gasteiger charge is -2.06. The molecule has 0 atom stereocenters. The number of benzene rings is 1. The quantitative estimate of drug-likeness (QED) is 0.589. The van der Waals surface area contributed by atoms with E-state index in [2.05, 4.69) is 0 Å². The van der Waals surface area contributed by atoms with Gasteiger partial charge in [0.25, 0.3) is 0 Å². The van der Waals surface area contributed by atoms with Gasteiger partial charge < -0.3 is 14.9 Å². The molecule has 3 nitrogen and oxygen atoms in total. The number of hydrogen-bond acceptors (Lipinski definition) is 3. The molecule has 1 rings (SSSR count). The fourth-order valence-corrected chi connectivity index (χ4v) is 0.983. The van der Waals surface area contributed by atoms with Crippen molar-refractivity contribution in [1.82, 2.24) is 0 Å². The second-order valence-electron chi connectivity index (χ2n) is 2.36. The van der Waals surface area contributed by atoms with Crippen LogP contribution in [-0.2, 0) is 6.61 Å². The normalized spacial score (nSPS) is 9.58. The van der Waals surface area contributed by atoms with Gasteiger partial charge in [-0.1, -0.05) is 12.1 Å². The minimum atomic E-state index is -0.0369. The van der Waals surface area contributed by atoms with E-state index in [0.29, 0.717) is 11.2 Å². The van der Waals surface area contributed by atoms with Crippen LogP contribution in [-0.4, -0.2) is 24.7 Å². The number of methoxy groups -OCH3 is 1. The van der Waals surface area contributed by atoms with Crippen LogP contribution >= 0.6 is 0 Å². The van der Waals surface area contributed by atoms with E-state index in [1.54, 1.807) is 18.2 Å². The lowest BCUT2D eigenvalue weighted by atomic mass is 9.86. The van der Waals surface area contributed by atoms with Gasteiger partial charge in [-0.25, -0.2) is 0 Å². The van der Waals surface area contributed by atoms with Crippen LogP contribution < -0.4 is 10.2 Å². The summed E-state index contributed by atoms with van der Waals surface area (Å²) >= 11 is 0. The summed E-state index contributed by atoms with van der Waals surface area (Å²) in [6.07, 6.45) is 0. The van der Waals surface area contributed by atoms with E-state index < -0.39 is 0 Å². The molecule has 0 bridgehead atoms. The summed E-state index contributed by atoms with van der Waals surface area (Å²) in [5.41, 5.74) is 1.32. The Balaban J connectivity index is 3.02. The van der Waals surface area contributed by atoms with Crippen LogP contribution in [0.15, 0.2) is 18.2 Å². The van der Waals surface area contributed by atoms with Crippen LogP contribution in [0.5, 0.6) is 5.75 Å². The zero-order valence-electron chi connectivity index (χ0n) is 6.82. The zero-order chi connectivity index (χ0) is 8.97. The van der Waals surface area contributed by atoms with Crippen molar-refractivity contribution in [1.29, 1.82) is 0 Å². The molecule has 2 N–H and O–H groups in total. The van der Waals surface area contributed by atoms with Gasteiger partial charge in [-0.05, 0) is 17.1 Å². The number of hydrogen-bond donors (Lipinski definition) is 2. The van der Waals surface area contributed by atoms with Gasteiger partial charge in [-0.3, -0.25) is 0 Å². The van der Waals surface area contributed by atoms with Crippen LogP contribution in [0.4, 0.5) is 0 Å². The summed E-state index contributed by atoms with van der Waals surface area (Å²) in [6.45, 7) is -0.0369. The zero-order valence-corrected chi connectivity index (χ0v) is 6.82. The maximum absolute atomic E-state index is 8.78. The van der Waals surface area contributed by atoms with Crippen LogP contribution in [0, 0.1) is 0 Å². The molecule has 0 aromatic heterocycles. The summed E-state index contributed by atoms with van der Waals surface area (Å²) in [5.74, 6) is 0.592. The fraction of sp³-hybridized carbons (Fsp3) is 0.250. The molecule has 0 saturated carbocycles. The molecule has 0 fully saturated rings. The summed E-state index contributed by atoms with van der Waals surface area (Å²) < 4.78 is 4.96. The molecule has 1 aromatic rings. The average Bonchev–Trinajstić information content (AvgIpc) is 2.16. The second kappa shape index (κ2) is 4.14. The largest absolute Gasteiger partial charge is 0.497 e. The Morgan fingerprint density at radius 3 is 2.75 bits per heavy atom. The topological polar surface area (TPSA) is 49.7 Å². The van der Waals surface area contributed by atoms with Gasteiger partial charge in [0.05, 0.1) is 13.7 Å². The predicted octanol–water partition coefficient (Wildman–Crippen LogP) is -0.576. The Hall–Kier alpha value is -0.995. The van der Waals surface area contributed by atoms with E-state index in [1.165, 1.54) is 7.11 Å². The molecular formula is C8H10BO3. The molecule has 0 unspecified atom stereocenters. The third-order valence-electron chi connectivity index (χ3n) is 1.62. The molecule has 4 heteroatoms. The number of aliphatic hydroxyl groups is 1. The van der Waals surface area contributed by atoms with Gasteiger partial charge >= 0.3 is 7.48 Å². The summed E-state index contributed by atoms with van der Waals surface area (Å²) in [7, 11) is 2.49. The first-order valence-electron chi connectivity index (χ1n) is 3.57. The highest BCUT2D eigenvalue weighted by Gasteiger charge is 2.03. The van der Waals surface area contributed by atoms with Gasteiger partial charge in [0.2, 0.25) is 0 Å². The first-order chi connectivity index (χ1) is 5.81. The van der Waals surface area contributed by atoms with Crippen molar-refractivity contribution < 1.29 is 14.9 Å². The minimum absolute atomic E-state index is 0.0369. The highest BCUT2D eigenvalue weighted by molar-refractivity contribution is 6.47. The monoisotopic (exact) mass is 165 g/mol. The van der Waals surface area contributed by atoms with E-state index in [9.17, 15) is 0 Å². The van der Waals surface area contributed by atoms with Crippen molar-refractivity contribution in [3.63, 3.8) is 0 Å². The van der Waals surface area contributed by atoms with Gasteiger partial charge in [-0.2, -0.15) is 0 Å². The lowest BCUT2D eigenvalue weighted by molar-refractivity contribution is 0.282. The molecule has 1 aromatic carbocycles. The summed E-state index contributed by atoms with van der Waals surface area (Å²) in [5, 5.41) is 17.6. The highest BCUT2D eigenvalue weighted by Crippen LogP contribution is 2.08. The van der Waals surface area contributed by atoms with E-state index in [1.807, 2.05) is 0 Å². The number of aliphatic hydroxyl groups excluding tert-OH is 1. The minimum Gasteiger partial charge on any atom is -0.497 e. The molecule has 0 saturated heterocycles. The smallest absolute Gasteiger partial charge is 0.330 e. The van der Waals surface area contributed by atoms with Gasteiger partial charge in [-0.15, -0.1) is 0 Å². The number of ether oxygens (including phenoxy) is 1. The average molecular weight is 165 g/mol. The van der Waals surface area contributed by atoms with Crippen molar-refractivity contribution in [3.05, 3.63) is 23.8 Å². The molecule has 0 amide bonds. The predicted molar refractivity (Wildman–Crippen MR) is 46.5 cm³/mol. The maximum atomic E-state index is 8.78. The SMILES string of the molecule is COc1ccc(CO)cc1[B]O. The van der Waals surface area contributed by atoms with E-state index in [-0.39, 0.29) is 6.61 Å². The lowest BCUT2D eigenvalue weighted by Crippen LogP contribution is -2.17. The molecule has 0 aliphatic carbocycles. The van der Waals surface area contributed by atoms with Crippen LogP contribution in [0.2, 0.25) is 0 Å². The second-order valence-corrected chi connectivity index (χ2v) is 2.36. The summed E-state index contributed by atoms with van der Waals surface area (Å²) in [4.78, 5) is 0. The third-order valence-corrected chi connectivity index (χ3v) is 1.62. The number of rotatable bonds is 3. The molecule has 0 heterocycles. The van der Waals surface area contributed by atoms with Crippen LogP contribution in [0.3, 0.4) is 0 Å². The standard InChI is InChI=1S/C8H10BO3/c1-12-8-3-2-6(5-10)4-7(8)9-11/h2-4,10-11H,5H2,1H3. The van der Waals surface area contributed by atoms with Crippen LogP contribution in [0.1, 0.15) is 5.56 Å². The van der Waals surface area contributed by atoms with Crippen molar-refractivity contribution in [2.75, 3.05) is 7.11 Å². The van der Waals surface area contributed by atoms with Crippen molar-refractivity contribution >= 4 is 12.9 Å². The highest BCUT2D eigenvalue weighted by atomic mass is 16.5. The van der Waals surface area contributed by atoms with E-state index >= 15 is 0 Å². The molecule has 0 aliphatic rings. The van der Waals surface area contributed by atoms with Gasteiger partial charge in [0.15, 0.2) is 0 Å². The third kappa shape index (κ3) is 1.78. The Labute approximate surface area is 71.9 Å². The molecule has 63 valence electrons. The first-order valence-corrected chi connectivity index (χ1v) is 3.57. The van der Waals surface area contributed by atoms with Crippen molar-refractivity contribution in [2.24, 2.45) is 0 Å². The van der Waals surface area contributed by atoms with E-state index in [4.69, 9.17) is 14.9 Å². The van der Waals surface area contributed by atoms with Crippen molar-refractivity contribution in [2.45, 2.75) is 6.61 Å². The summed E-state index contributed by atoms with van der Waals surface area (Å²) in [6, 6.07) is 5.11. The maximum Gasteiger partial charge on any atom is 0.330 e. The van der Waals surface area contributed by atoms with Gasteiger partial charge in [0, 0.05) is 0 Å². The van der Waals surface area contributed by atoms with Gasteiger partial charge in [0.1, 0.15) is 5.75 Å². The molecule has 12 heavy (non-hydrogen) atoms. The Morgan fingerprint density at radius 2 is 2.25 bits per heavy atom. The van der Waals surface area contributed by atoms with Crippen LogP contribution in [0.25, 0.3) is 0 Å². The Bertz CT molecular complexity index is 262. The molecule has 0 spiro atoms. The molecular weight excluding hydrogens is 155 g/mol. The van der Waals surface area contributed by atoms with Crippen molar-refractivity contribution in [3.8, 4) is 5.75 Å². The Morgan fingerprint density at radius 1 is 1.50 bits per heavy atom. The Kier molecular flexibility index (Phi) is 3.14.